The van der Waals surface area contributed by atoms with Gasteiger partial charge in [-0.2, -0.15) is 0 Å². The van der Waals surface area contributed by atoms with Crippen LogP contribution in [0.4, 0.5) is 0 Å². The maximum absolute atomic E-state index is 11.7. The molecular weight excluding hydrogens is 362 g/mol. The summed E-state index contributed by atoms with van der Waals surface area (Å²) in [5.41, 5.74) is -0.107. The van der Waals surface area contributed by atoms with E-state index < -0.39 is 9.84 Å². The lowest BCUT2D eigenvalue weighted by Gasteiger charge is -2.36. The highest BCUT2D eigenvalue weighted by molar-refractivity contribution is 7.91. The molecule has 2 unspecified atom stereocenters. The lowest BCUT2D eigenvalue weighted by Crippen LogP contribution is -2.50. The van der Waals surface area contributed by atoms with E-state index in [0.717, 1.165) is 44.3 Å². The van der Waals surface area contributed by atoms with E-state index in [-0.39, 0.29) is 17.3 Å². The minimum absolute atomic E-state index is 0.107. The topological polar surface area (TPSA) is 79.8 Å². The molecule has 0 aromatic rings. The summed E-state index contributed by atoms with van der Waals surface area (Å²) in [6.07, 6.45) is 9.30. The van der Waals surface area contributed by atoms with Crippen LogP contribution in [0.2, 0.25) is 0 Å². The average molecular weight is 400 g/mol. The molecule has 1 aliphatic carbocycles. The fraction of sp³-hybridized carbons (Fsp3) is 0.950. The summed E-state index contributed by atoms with van der Waals surface area (Å²) in [7, 11) is -2.84. The average Bonchev–Trinajstić information content (AvgIpc) is 2.96. The molecule has 2 N–H and O–H groups in total. The van der Waals surface area contributed by atoms with Gasteiger partial charge < -0.3 is 15.4 Å². The van der Waals surface area contributed by atoms with Crippen molar-refractivity contribution < 1.29 is 13.2 Å². The molecule has 0 radical (unpaired) electrons. The number of nitrogens with one attached hydrogen (secondary N) is 2. The fourth-order valence-electron chi connectivity index (χ4n) is 4.57. The third kappa shape index (κ3) is 6.93. The molecule has 2 atom stereocenters. The van der Waals surface area contributed by atoms with E-state index in [2.05, 4.69) is 24.5 Å². The monoisotopic (exact) mass is 399 g/mol. The normalized spacial score (nSPS) is 31.6. The van der Waals surface area contributed by atoms with Crippen molar-refractivity contribution in [2.45, 2.75) is 76.9 Å². The maximum Gasteiger partial charge on any atom is 0.191 e. The molecule has 0 spiro atoms. The molecule has 0 aromatic carbocycles. The summed E-state index contributed by atoms with van der Waals surface area (Å²) >= 11 is 0. The molecule has 0 amide bonds. The van der Waals surface area contributed by atoms with Gasteiger partial charge in [-0.15, -0.1) is 0 Å². The van der Waals surface area contributed by atoms with Crippen LogP contribution in [0.5, 0.6) is 0 Å². The Morgan fingerprint density at radius 2 is 1.89 bits per heavy atom. The van der Waals surface area contributed by atoms with Gasteiger partial charge in [0, 0.05) is 25.7 Å². The molecule has 0 bridgehead atoms. The van der Waals surface area contributed by atoms with E-state index in [1.165, 1.54) is 32.1 Å². The molecule has 3 aliphatic rings. The van der Waals surface area contributed by atoms with Gasteiger partial charge in [-0.1, -0.05) is 19.3 Å². The Morgan fingerprint density at radius 3 is 2.56 bits per heavy atom. The molecule has 7 heteroatoms. The first-order valence-electron chi connectivity index (χ1n) is 10.7. The summed E-state index contributed by atoms with van der Waals surface area (Å²) in [5, 5.41) is 7.16. The molecule has 0 aromatic heterocycles. The Labute approximate surface area is 164 Å². The number of sulfone groups is 1. The Balaban J connectivity index is 1.57. The first-order chi connectivity index (χ1) is 12.8. The molecule has 27 heavy (non-hydrogen) atoms. The van der Waals surface area contributed by atoms with Crippen LogP contribution < -0.4 is 10.6 Å². The van der Waals surface area contributed by atoms with Crippen LogP contribution in [0.25, 0.3) is 0 Å². The predicted molar refractivity (Wildman–Crippen MR) is 110 cm³/mol. The van der Waals surface area contributed by atoms with Gasteiger partial charge in [-0.3, -0.25) is 4.99 Å². The van der Waals surface area contributed by atoms with E-state index in [9.17, 15) is 8.42 Å². The van der Waals surface area contributed by atoms with Crippen molar-refractivity contribution in [2.24, 2.45) is 16.8 Å². The fourth-order valence-corrected chi connectivity index (χ4v) is 6.42. The van der Waals surface area contributed by atoms with E-state index >= 15 is 0 Å². The summed E-state index contributed by atoms with van der Waals surface area (Å²) in [5.74, 6) is 2.35. The number of guanidine groups is 1. The van der Waals surface area contributed by atoms with Crippen LogP contribution in [0.15, 0.2) is 4.99 Å². The van der Waals surface area contributed by atoms with Crippen molar-refractivity contribution in [3.8, 4) is 0 Å². The quantitative estimate of drug-likeness (QED) is 0.548. The number of nitrogens with zero attached hydrogens (tertiary/aromatic N) is 1. The summed E-state index contributed by atoms with van der Waals surface area (Å²) in [4.78, 5) is 4.79. The van der Waals surface area contributed by atoms with E-state index in [0.29, 0.717) is 18.3 Å². The molecular formula is C20H37N3O3S. The van der Waals surface area contributed by atoms with E-state index in [1.807, 2.05) is 0 Å². The van der Waals surface area contributed by atoms with Gasteiger partial charge in [0.05, 0.1) is 17.1 Å². The van der Waals surface area contributed by atoms with Crippen molar-refractivity contribution in [2.75, 3.05) is 31.2 Å². The minimum Gasteiger partial charge on any atom is -0.375 e. The Kier molecular flexibility index (Phi) is 7.06. The van der Waals surface area contributed by atoms with E-state index in [4.69, 9.17) is 9.73 Å². The molecule has 1 saturated carbocycles. The third-order valence-corrected chi connectivity index (χ3v) is 7.99. The number of hydrogen-bond donors (Lipinski definition) is 2. The summed E-state index contributed by atoms with van der Waals surface area (Å²) in [6, 6.07) is 0.346. The van der Waals surface area contributed by atoms with Crippen molar-refractivity contribution in [1.82, 2.24) is 10.6 Å². The zero-order chi connectivity index (χ0) is 19.3. The molecule has 3 fully saturated rings. The second kappa shape index (κ2) is 9.12. The SMILES string of the molecule is CC1(C)CC(NC(=NCC2CCS(=O)(=O)C2)NCC2CCCCC2)CCO1. The Morgan fingerprint density at radius 1 is 1.11 bits per heavy atom. The van der Waals surface area contributed by atoms with Crippen molar-refractivity contribution >= 4 is 15.8 Å². The van der Waals surface area contributed by atoms with Gasteiger partial charge in [0.2, 0.25) is 0 Å². The van der Waals surface area contributed by atoms with E-state index in [1.54, 1.807) is 0 Å². The molecule has 2 aliphatic heterocycles. The predicted octanol–water partition coefficient (Wildman–Crippen LogP) is 2.49. The lowest BCUT2D eigenvalue weighted by molar-refractivity contribution is -0.0605. The van der Waals surface area contributed by atoms with Gasteiger partial charge in [0.25, 0.3) is 0 Å². The molecule has 2 heterocycles. The van der Waals surface area contributed by atoms with Crippen molar-refractivity contribution in [1.29, 1.82) is 0 Å². The Bertz CT molecular complexity index is 612. The zero-order valence-electron chi connectivity index (χ0n) is 17.0. The van der Waals surface area contributed by atoms with Gasteiger partial charge in [-0.05, 0) is 57.8 Å². The van der Waals surface area contributed by atoms with Gasteiger partial charge in [0.15, 0.2) is 15.8 Å². The molecule has 2 saturated heterocycles. The number of ether oxygens (including phenoxy) is 1. The van der Waals surface area contributed by atoms with Crippen LogP contribution >= 0.6 is 0 Å². The lowest BCUT2D eigenvalue weighted by atomic mass is 9.89. The zero-order valence-corrected chi connectivity index (χ0v) is 17.8. The van der Waals surface area contributed by atoms with Crippen molar-refractivity contribution in [3.63, 3.8) is 0 Å². The number of rotatable bonds is 5. The smallest absolute Gasteiger partial charge is 0.191 e. The van der Waals surface area contributed by atoms with Gasteiger partial charge >= 0.3 is 0 Å². The largest absolute Gasteiger partial charge is 0.375 e. The number of hydrogen-bond acceptors (Lipinski definition) is 4. The summed E-state index contributed by atoms with van der Waals surface area (Å²) < 4.78 is 29.3. The summed E-state index contributed by atoms with van der Waals surface area (Å²) in [6.45, 7) is 6.59. The van der Waals surface area contributed by atoms with Crippen LogP contribution in [-0.4, -0.2) is 57.2 Å². The molecule has 6 nitrogen and oxygen atoms in total. The highest BCUT2D eigenvalue weighted by Crippen LogP contribution is 2.25. The first kappa shape index (κ1) is 20.9. The second-order valence-corrected chi connectivity index (χ2v) is 11.5. The molecule has 3 rings (SSSR count). The standard InChI is InChI=1S/C20H37N3O3S/c1-20(2)12-18(8-10-26-20)23-19(21-13-16-6-4-3-5-7-16)22-14-17-9-11-27(24,25)15-17/h16-18H,3-15H2,1-2H3,(H2,21,22,23). The minimum atomic E-state index is -2.84. The van der Waals surface area contributed by atoms with Crippen molar-refractivity contribution in [3.05, 3.63) is 0 Å². The van der Waals surface area contributed by atoms with Gasteiger partial charge in [-0.25, -0.2) is 8.42 Å². The van der Waals surface area contributed by atoms with Crippen LogP contribution in [0.1, 0.15) is 65.2 Å². The maximum atomic E-state index is 11.7. The highest BCUT2D eigenvalue weighted by Gasteiger charge is 2.30. The third-order valence-electron chi connectivity index (χ3n) is 6.16. The number of aliphatic imine (C=N–C) groups is 1. The van der Waals surface area contributed by atoms with Gasteiger partial charge in [0.1, 0.15) is 0 Å². The Hall–Kier alpha value is -0.820. The van der Waals surface area contributed by atoms with Crippen LogP contribution in [-0.2, 0) is 14.6 Å². The first-order valence-corrected chi connectivity index (χ1v) is 12.5. The highest BCUT2D eigenvalue weighted by atomic mass is 32.2. The van der Waals surface area contributed by atoms with Crippen LogP contribution in [0, 0.1) is 11.8 Å². The van der Waals surface area contributed by atoms with Crippen LogP contribution in [0.3, 0.4) is 0 Å². The molecule has 156 valence electrons. The second-order valence-electron chi connectivity index (χ2n) is 9.29.